The molecular formula is C20H19N3O2. The zero-order valence-electron chi connectivity index (χ0n) is 14.1. The van der Waals surface area contributed by atoms with Crippen molar-refractivity contribution >= 4 is 17.3 Å². The Morgan fingerprint density at radius 1 is 1.12 bits per heavy atom. The highest BCUT2D eigenvalue weighted by Crippen LogP contribution is 2.18. The van der Waals surface area contributed by atoms with E-state index in [-0.39, 0.29) is 5.78 Å². The van der Waals surface area contributed by atoms with E-state index in [4.69, 9.17) is 4.74 Å². The molecular weight excluding hydrogens is 314 g/mol. The molecule has 1 heterocycles. The van der Waals surface area contributed by atoms with Crippen molar-refractivity contribution in [2.75, 3.05) is 12.4 Å². The number of imidazole rings is 1. The Morgan fingerprint density at radius 3 is 2.44 bits per heavy atom. The maximum Gasteiger partial charge on any atom is 0.189 e. The molecule has 0 fully saturated rings. The number of nitrogens with one attached hydrogen (secondary N) is 1. The lowest BCUT2D eigenvalue weighted by Gasteiger charge is -2.12. The summed E-state index contributed by atoms with van der Waals surface area (Å²) in [6.45, 7) is 1.99. The lowest BCUT2D eigenvalue weighted by Crippen LogP contribution is -2.08. The molecule has 25 heavy (non-hydrogen) atoms. The first-order valence-electron chi connectivity index (χ1n) is 7.88. The summed E-state index contributed by atoms with van der Waals surface area (Å²) < 4.78 is 6.93. The molecule has 2 aromatic carbocycles. The van der Waals surface area contributed by atoms with E-state index < -0.39 is 0 Å². The van der Waals surface area contributed by atoms with Gasteiger partial charge in [-0.3, -0.25) is 9.36 Å². The van der Waals surface area contributed by atoms with Crippen molar-refractivity contribution in [3.8, 4) is 5.75 Å². The van der Waals surface area contributed by atoms with Crippen LogP contribution < -0.4 is 10.1 Å². The van der Waals surface area contributed by atoms with Gasteiger partial charge >= 0.3 is 0 Å². The van der Waals surface area contributed by atoms with Crippen LogP contribution in [0.3, 0.4) is 0 Å². The summed E-state index contributed by atoms with van der Waals surface area (Å²) in [5.41, 5.74) is 2.60. The number of nitrogens with zero attached hydrogens (tertiary/aromatic N) is 2. The maximum atomic E-state index is 12.6. The van der Waals surface area contributed by atoms with E-state index >= 15 is 0 Å². The van der Waals surface area contributed by atoms with Crippen LogP contribution in [-0.4, -0.2) is 22.4 Å². The van der Waals surface area contributed by atoms with Crippen LogP contribution in [0.4, 0.5) is 5.69 Å². The van der Waals surface area contributed by atoms with Gasteiger partial charge in [-0.15, -0.1) is 0 Å². The molecule has 3 rings (SSSR count). The Kier molecular flexibility index (Phi) is 4.95. The highest BCUT2D eigenvalue weighted by Gasteiger charge is 2.08. The Hall–Kier alpha value is -3.34. The average Bonchev–Trinajstić information content (AvgIpc) is 3.17. The van der Waals surface area contributed by atoms with Gasteiger partial charge in [-0.05, 0) is 31.2 Å². The number of carbonyl (C=O) groups is 1. The van der Waals surface area contributed by atoms with Gasteiger partial charge in [-0.1, -0.05) is 29.8 Å². The summed E-state index contributed by atoms with van der Waals surface area (Å²) in [7, 11) is 1.62. The minimum atomic E-state index is -0.0790. The van der Waals surface area contributed by atoms with Crippen LogP contribution in [0.25, 0.3) is 5.82 Å². The number of aryl methyl sites for hydroxylation is 1. The molecule has 0 amide bonds. The van der Waals surface area contributed by atoms with Crippen LogP contribution in [0.1, 0.15) is 15.9 Å². The highest BCUT2D eigenvalue weighted by atomic mass is 16.5. The second kappa shape index (κ2) is 7.49. The number of ether oxygens (including phenoxy) is 1. The number of hydrogen-bond donors (Lipinski definition) is 1. The Labute approximate surface area is 146 Å². The molecule has 1 aromatic heterocycles. The van der Waals surface area contributed by atoms with E-state index in [1.807, 2.05) is 55.5 Å². The molecule has 0 saturated heterocycles. The number of rotatable bonds is 6. The third kappa shape index (κ3) is 4.14. The first kappa shape index (κ1) is 16.5. The topological polar surface area (TPSA) is 56.1 Å². The van der Waals surface area contributed by atoms with Crippen LogP contribution >= 0.6 is 0 Å². The molecule has 5 nitrogen and oxygen atoms in total. The second-order valence-corrected chi connectivity index (χ2v) is 5.58. The number of benzene rings is 2. The van der Waals surface area contributed by atoms with E-state index in [0.717, 1.165) is 17.0 Å². The number of allylic oxidation sites excluding steroid dienone is 1. The van der Waals surface area contributed by atoms with Gasteiger partial charge in [-0.2, -0.15) is 0 Å². The summed E-state index contributed by atoms with van der Waals surface area (Å²) in [5.74, 6) is 1.31. The Balaban J connectivity index is 1.89. The smallest absolute Gasteiger partial charge is 0.189 e. The molecule has 126 valence electrons. The standard InChI is InChI=1S/C20H19N3O2/c1-15-3-5-16(6-4-15)19(24)13-20(23-12-11-21-14-23)22-17-7-9-18(25-2)10-8-17/h3-14,22H,1-2H3/b20-13-. The quantitative estimate of drug-likeness (QED) is 0.547. The molecule has 0 aliphatic heterocycles. The third-order valence-electron chi connectivity index (χ3n) is 3.75. The fourth-order valence-electron chi connectivity index (χ4n) is 2.32. The van der Waals surface area contributed by atoms with Crippen molar-refractivity contribution in [2.45, 2.75) is 6.92 Å². The van der Waals surface area contributed by atoms with Gasteiger partial charge in [0.05, 0.1) is 7.11 Å². The fraction of sp³-hybridized carbons (Fsp3) is 0.100. The predicted molar refractivity (Wildman–Crippen MR) is 98.6 cm³/mol. The van der Waals surface area contributed by atoms with Gasteiger partial charge in [-0.25, -0.2) is 4.98 Å². The van der Waals surface area contributed by atoms with Crippen molar-refractivity contribution in [3.63, 3.8) is 0 Å². The van der Waals surface area contributed by atoms with E-state index in [1.165, 1.54) is 0 Å². The Morgan fingerprint density at radius 2 is 1.84 bits per heavy atom. The van der Waals surface area contributed by atoms with Crippen molar-refractivity contribution in [3.05, 3.63) is 84.5 Å². The third-order valence-corrected chi connectivity index (χ3v) is 3.75. The Bertz CT molecular complexity index is 864. The van der Waals surface area contributed by atoms with Crippen LogP contribution in [0, 0.1) is 6.92 Å². The molecule has 1 N–H and O–H groups in total. The van der Waals surface area contributed by atoms with Crippen molar-refractivity contribution in [1.29, 1.82) is 0 Å². The monoisotopic (exact) mass is 333 g/mol. The van der Waals surface area contributed by atoms with Gasteiger partial charge in [0.15, 0.2) is 5.78 Å². The van der Waals surface area contributed by atoms with E-state index in [1.54, 1.807) is 36.5 Å². The average molecular weight is 333 g/mol. The van der Waals surface area contributed by atoms with Gasteiger partial charge in [0.2, 0.25) is 0 Å². The molecule has 0 atom stereocenters. The molecule has 0 aliphatic rings. The summed E-state index contributed by atoms with van der Waals surface area (Å²) in [6.07, 6.45) is 6.66. The molecule has 0 radical (unpaired) electrons. The predicted octanol–water partition coefficient (Wildman–Crippen LogP) is 3.99. The van der Waals surface area contributed by atoms with Crippen molar-refractivity contribution in [1.82, 2.24) is 9.55 Å². The molecule has 0 bridgehead atoms. The zero-order chi connectivity index (χ0) is 17.6. The van der Waals surface area contributed by atoms with Crippen LogP contribution in [0.2, 0.25) is 0 Å². The van der Waals surface area contributed by atoms with Crippen molar-refractivity contribution < 1.29 is 9.53 Å². The fourth-order valence-corrected chi connectivity index (χ4v) is 2.32. The lowest BCUT2D eigenvalue weighted by atomic mass is 10.1. The zero-order valence-corrected chi connectivity index (χ0v) is 14.1. The summed E-state index contributed by atoms with van der Waals surface area (Å²) >= 11 is 0. The number of methoxy groups -OCH3 is 1. The molecule has 3 aromatic rings. The molecule has 0 spiro atoms. The molecule has 0 unspecified atom stereocenters. The van der Waals surface area contributed by atoms with Crippen LogP contribution in [0.15, 0.2) is 73.3 Å². The molecule has 5 heteroatoms. The summed E-state index contributed by atoms with van der Waals surface area (Å²) in [4.78, 5) is 16.6. The minimum absolute atomic E-state index is 0.0790. The SMILES string of the molecule is COc1ccc(N/C(=C/C(=O)c2ccc(C)cc2)n2ccnc2)cc1. The summed E-state index contributed by atoms with van der Waals surface area (Å²) in [6, 6.07) is 15.0. The van der Waals surface area contributed by atoms with Crippen LogP contribution in [0.5, 0.6) is 5.75 Å². The first-order valence-corrected chi connectivity index (χ1v) is 7.88. The maximum absolute atomic E-state index is 12.6. The normalized spacial score (nSPS) is 11.2. The number of ketones is 1. The van der Waals surface area contributed by atoms with Gasteiger partial charge in [0.25, 0.3) is 0 Å². The first-order chi connectivity index (χ1) is 12.2. The number of carbonyl (C=O) groups excluding carboxylic acids is 1. The minimum Gasteiger partial charge on any atom is -0.497 e. The van der Waals surface area contributed by atoms with Gasteiger partial charge in [0, 0.05) is 29.7 Å². The van der Waals surface area contributed by atoms with Crippen molar-refractivity contribution in [2.24, 2.45) is 0 Å². The lowest BCUT2D eigenvalue weighted by molar-refractivity contribution is 0.104. The van der Waals surface area contributed by atoms with Crippen LogP contribution in [-0.2, 0) is 0 Å². The van der Waals surface area contributed by atoms with Gasteiger partial charge < -0.3 is 10.1 Å². The molecule has 0 aliphatic carbocycles. The number of hydrogen-bond acceptors (Lipinski definition) is 4. The number of aromatic nitrogens is 2. The highest BCUT2D eigenvalue weighted by molar-refractivity contribution is 6.08. The van der Waals surface area contributed by atoms with E-state index in [2.05, 4.69) is 10.3 Å². The van der Waals surface area contributed by atoms with E-state index in [9.17, 15) is 4.79 Å². The number of anilines is 1. The molecule has 0 saturated carbocycles. The second-order valence-electron chi connectivity index (χ2n) is 5.58. The largest absolute Gasteiger partial charge is 0.497 e. The van der Waals surface area contributed by atoms with Gasteiger partial charge in [0.1, 0.15) is 17.9 Å². The summed E-state index contributed by atoms with van der Waals surface area (Å²) in [5, 5.41) is 3.25. The van der Waals surface area contributed by atoms with E-state index in [0.29, 0.717) is 11.4 Å².